The molecule has 0 spiro atoms. The number of nitrogens with two attached hydrogens (primary N) is 1. The van der Waals surface area contributed by atoms with E-state index in [0.717, 1.165) is 23.5 Å². The normalized spacial score (nSPS) is 11.2. The molecule has 0 unspecified atom stereocenters. The van der Waals surface area contributed by atoms with Crippen molar-refractivity contribution < 1.29 is 0 Å². The van der Waals surface area contributed by atoms with E-state index in [0.29, 0.717) is 11.7 Å². The van der Waals surface area contributed by atoms with Crippen molar-refractivity contribution in [2.45, 2.75) is 32.7 Å². The van der Waals surface area contributed by atoms with Gasteiger partial charge < -0.3 is 5.73 Å². The number of aromatic nitrogens is 3. The molecule has 2 rings (SSSR count). The summed E-state index contributed by atoms with van der Waals surface area (Å²) in [6.45, 7) is 4.32. The Balaban J connectivity index is 2.35. The second-order valence-electron chi connectivity index (χ2n) is 3.72. The molecule has 0 saturated heterocycles. The summed E-state index contributed by atoms with van der Waals surface area (Å²) >= 11 is 1.56. The van der Waals surface area contributed by atoms with Crippen molar-refractivity contribution in [2.24, 2.45) is 0 Å². The third kappa shape index (κ3) is 1.95. The zero-order chi connectivity index (χ0) is 11.5. The van der Waals surface area contributed by atoms with E-state index < -0.39 is 0 Å². The van der Waals surface area contributed by atoms with Gasteiger partial charge in [0.15, 0.2) is 0 Å². The molecule has 0 radical (unpaired) electrons. The zero-order valence-corrected chi connectivity index (χ0v) is 10.4. The second-order valence-corrected chi connectivity index (χ2v) is 4.62. The van der Waals surface area contributed by atoms with E-state index in [2.05, 4.69) is 23.9 Å². The molecule has 0 aromatic carbocycles. The first-order chi connectivity index (χ1) is 7.76. The monoisotopic (exact) mass is 236 g/mol. The second kappa shape index (κ2) is 4.65. The van der Waals surface area contributed by atoms with E-state index in [-0.39, 0.29) is 0 Å². The van der Waals surface area contributed by atoms with Gasteiger partial charge >= 0.3 is 0 Å². The zero-order valence-electron chi connectivity index (χ0n) is 9.55. The highest BCUT2D eigenvalue weighted by Gasteiger charge is 2.14. The molecule has 2 aromatic rings. The summed E-state index contributed by atoms with van der Waals surface area (Å²) < 4.78 is 1.96. The molecule has 0 aliphatic rings. The molecule has 0 aliphatic carbocycles. The highest BCUT2D eigenvalue weighted by molar-refractivity contribution is 7.13. The lowest BCUT2D eigenvalue weighted by Gasteiger charge is -2.11. The SMILES string of the molecule is CCC(CC)n1cc(N)c(-c2nccs2)n1. The fourth-order valence-electron chi connectivity index (χ4n) is 1.76. The molecular weight excluding hydrogens is 220 g/mol. The van der Waals surface area contributed by atoms with Gasteiger partial charge in [-0.3, -0.25) is 4.68 Å². The molecule has 86 valence electrons. The first kappa shape index (κ1) is 11.1. The maximum absolute atomic E-state index is 5.96. The van der Waals surface area contributed by atoms with Crippen molar-refractivity contribution in [2.75, 3.05) is 5.73 Å². The molecule has 16 heavy (non-hydrogen) atoms. The molecule has 0 aliphatic heterocycles. The van der Waals surface area contributed by atoms with Crippen molar-refractivity contribution in [1.29, 1.82) is 0 Å². The molecule has 0 amide bonds. The van der Waals surface area contributed by atoms with Crippen LogP contribution in [0.15, 0.2) is 17.8 Å². The van der Waals surface area contributed by atoms with Crippen LogP contribution in [0, 0.1) is 0 Å². The van der Waals surface area contributed by atoms with Crippen LogP contribution < -0.4 is 5.73 Å². The topological polar surface area (TPSA) is 56.7 Å². The highest BCUT2D eigenvalue weighted by atomic mass is 32.1. The van der Waals surface area contributed by atoms with Gasteiger partial charge in [0, 0.05) is 17.8 Å². The lowest BCUT2D eigenvalue weighted by Crippen LogP contribution is -2.07. The number of hydrogen-bond acceptors (Lipinski definition) is 4. The maximum Gasteiger partial charge on any atom is 0.145 e. The third-order valence-electron chi connectivity index (χ3n) is 2.71. The molecule has 4 nitrogen and oxygen atoms in total. The minimum atomic E-state index is 0.427. The van der Waals surface area contributed by atoms with Gasteiger partial charge in [-0.15, -0.1) is 11.3 Å². The highest BCUT2D eigenvalue weighted by Crippen LogP contribution is 2.28. The Morgan fingerprint density at radius 2 is 2.19 bits per heavy atom. The Labute approximate surface area is 99.1 Å². The molecule has 2 aromatic heterocycles. The maximum atomic E-state index is 5.96. The van der Waals surface area contributed by atoms with Gasteiger partial charge in [0.1, 0.15) is 10.7 Å². The van der Waals surface area contributed by atoms with Crippen molar-refractivity contribution in [1.82, 2.24) is 14.8 Å². The van der Waals surface area contributed by atoms with E-state index in [1.165, 1.54) is 0 Å². The summed E-state index contributed by atoms with van der Waals surface area (Å²) in [5.74, 6) is 0. The van der Waals surface area contributed by atoms with Crippen LogP contribution in [0.4, 0.5) is 5.69 Å². The van der Waals surface area contributed by atoms with E-state index in [1.807, 2.05) is 16.3 Å². The van der Waals surface area contributed by atoms with E-state index >= 15 is 0 Å². The van der Waals surface area contributed by atoms with Crippen LogP contribution in [-0.2, 0) is 0 Å². The predicted molar refractivity (Wildman–Crippen MR) is 67.4 cm³/mol. The van der Waals surface area contributed by atoms with Crippen molar-refractivity contribution in [3.63, 3.8) is 0 Å². The summed E-state index contributed by atoms with van der Waals surface area (Å²) in [7, 11) is 0. The lowest BCUT2D eigenvalue weighted by molar-refractivity contribution is 0.429. The van der Waals surface area contributed by atoms with E-state index in [9.17, 15) is 0 Å². The number of anilines is 1. The van der Waals surface area contributed by atoms with E-state index in [1.54, 1.807) is 17.5 Å². The fourth-order valence-corrected chi connectivity index (χ4v) is 2.40. The van der Waals surface area contributed by atoms with Gasteiger partial charge in [0.05, 0.1) is 11.7 Å². The Morgan fingerprint density at radius 1 is 1.44 bits per heavy atom. The summed E-state index contributed by atoms with van der Waals surface area (Å²) in [5, 5.41) is 7.36. The number of hydrogen-bond donors (Lipinski definition) is 1. The quantitative estimate of drug-likeness (QED) is 0.888. The minimum absolute atomic E-state index is 0.427. The number of thiazole rings is 1. The van der Waals surface area contributed by atoms with Crippen LogP contribution in [0.25, 0.3) is 10.7 Å². The van der Waals surface area contributed by atoms with E-state index in [4.69, 9.17) is 5.73 Å². The Morgan fingerprint density at radius 3 is 2.75 bits per heavy atom. The smallest absolute Gasteiger partial charge is 0.145 e. The average Bonchev–Trinajstić information content (AvgIpc) is 2.89. The van der Waals surface area contributed by atoms with Crippen LogP contribution in [0.2, 0.25) is 0 Å². The van der Waals surface area contributed by atoms with Crippen molar-refractivity contribution in [3.8, 4) is 10.7 Å². The van der Waals surface area contributed by atoms with Gasteiger partial charge in [-0.05, 0) is 12.8 Å². The van der Waals surface area contributed by atoms with Crippen LogP contribution in [0.5, 0.6) is 0 Å². The molecule has 0 atom stereocenters. The molecule has 2 N–H and O–H groups in total. The van der Waals surface area contributed by atoms with Gasteiger partial charge in [-0.25, -0.2) is 4.98 Å². The third-order valence-corrected chi connectivity index (χ3v) is 3.49. The summed E-state index contributed by atoms with van der Waals surface area (Å²) in [6.07, 6.45) is 5.81. The minimum Gasteiger partial charge on any atom is -0.396 e. The summed E-state index contributed by atoms with van der Waals surface area (Å²) in [4.78, 5) is 4.23. The van der Waals surface area contributed by atoms with Crippen LogP contribution in [-0.4, -0.2) is 14.8 Å². The number of rotatable bonds is 4. The van der Waals surface area contributed by atoms with Gasteiger partial charge in [0.25, 0.3) is 0 Å². The molecular formula is C11H16N4S. The summed E-state index contributed by atoms with van der Waals surface area (Å²) in [6, 6.07) is 0.427. The number of nitrogens with zero attached hydrogens (tertiary/aromatic N) is 3. The first-order valence-electron chi connectivity index (χ1n) is 5.50. The molecule has 5 heteroatoms. The Kier molecular flexibility index (Phi) is 3.24. The average molecular weight is 236 g/mol. The van der Waals surface area contributed by atoms with Crippen LogP contribution in [0.1, 0.15) is 32.7 Å². The molecule has 2 heterocycles. The first-order valence-corrected chi connectivity index (χ1v) is 6.38. The molecule has 0 saturated carbocycles. The fraction of sp³-hybridized carbons (Fsp3) is 0.455. The molecule has 0 bridgehead atoms. The van der Waals surface area contributed by atoms with Crippen LogP contribution in [0.3, 0.4) is 0 Å². The van der Waals surface area contributed by atoms with Crippen molar-refractivity contribution in [3.05, 3.63) is 17.8 Å². The summed E-state index contributed by atoms with van der Waals surface area (Å²) in [5.41, 5.74) is 7.48. The molecule has 0 fully saturated rings. The number of nitrogen functional groups attached to an aromatic ring is 1. The standard InChI is InChI=1S/C11H16N4S/c1-3-8(4-2)15-7-9(12)10(14-15)11-13-5-6-16-11/h5-8H,3-4,12H2,1-2H3. The van der Waals surface area contributed by atoms with Gasteiger partial charge in [0.2, 0.25) is 0 Å². The Hall–Kier alpha value is -1.36. The predicted octanol–water partition coefficient (Wildman–Crippen LogP) is 2.95. The van der Waals surface area contributed by atoms with Crippen LogP contribution >= 0.6 is 11.3 Å². The Bertz CT molecular complexity index is 443. The van der Waals surface area contributed by atoms with Crippen molar-refractivity contribution >= 4 is 17.0 Å². The van der Waals surface area contributed by atoms with Gasteiger partial charge in [-0.1, -0.05) is 13.8 Å². The van der Waals surface area contributed by atoms with Gasteiger partial charge in [-0.2, -0.15) is 5.10 Å². The lowest BCUT2D eigenvalue weighted by atomic mass is 10.2. The largest absolute Gasteiger partial charge is 0.396 e.